The van der Waals surface area contributed by atoms with E-state index in [-0.39, 0.29) is 12.6 Å². The Hall–Kier alpha value is -0.0600. The van der Waals surface area contributed by atoms with E-state index in [1.54, 1.807) is 0 Å². The Morgan fingerprint density at radius 2 is 2.45 bits per heavy atom. The average Bonchev–Trinajstić information content (AvgIpc) is 1.94. The number of rotatable bonds is 1. The van der Waals surface area contributed by atoms with Crippen molar-refractivity contribution < 1.29 is 9.32 Å². The molecule has 0 aromatic heterocycles. The number of aliphatic hydroxyl groups is 1. The maximum absolute atomic E-state index is 11.5. The summed E-state index contributed by atoms with van der Waals surface area (Å²) in [5, 5.41) is 8.90. The van der Waals surface area contributed by atoms with Gasteiger partial charge in [-0.2, -0.15) is 0 Å². The molecule has 0 aromatic carbocycles. The third-order valence-corrected chi connectivity index (χ3v) is 4.07. The topological polar surface area (TPSA) is 40.5 Å². The molecular formula is C7H15NO2S. The lowest BCUT2D eigenvalue weighted by molar-refractivity contribution is 0.162. The van der Waals surface area contributed by atoms with Gasteiger partial charge < -0.3 is 5.11 Å². The Balaban J connectivity index is 2.66. The molecule has 4 heteroatoms. The molecule has 1 fully saturated rings. The van der Waals surface area contributed by atoms with Gasteiger partial charge in [0.2, 0.25) is 0 Å². The van der Waals surface area contributed by atoms with Crippen LogP contribution in [0.15, 0.2) is 0 Å². The van der Waals surface area contributed by atoms with Gasteiger partial charge in [-0.3, -0.25) is 9.11 Å². The van der Waals surface area contributed by atoms with E-state index in [4.69, 9.17) is 5.11 Å². The number of aliphatic hydroxyl groups excluding tert-OH is 1. The van der Waals surface area contributed by atoms with Crippen molar-refractivity contribution in [1.29, 1.82) is 0 Å². The van der Waals surface area contributed by atoms with Gasteiger partial charge in [0, 0.05) is 24.1 Å². The van der Waals surface area contributed by atoms with Crippen molar-refractivity contribution in [3.8, 4) is 0 Å². The van der Waals surface area contributed by atoms with Gasteiger partial charge in [0.15, 0.2) is 0 Å². The van der Waals surface area contributed by atoms with E-state index in [2.05, 4.69) is 5.87 Å². The maximum Gasteiger partial charge on any atom is 0.0595 e. The van der Waals surface area contributed by atoms with Crippen LogP contribution in [0, 0.1) is 0 Å². The highest BCUT2D eigenvalue weighted by molar-refractivity contribution is 8.00. The second kappa shape index (κ2) is 3.13. The zero-order valence-corrected chi connectivity index (χ0v) is 7.64. The second-order valence-electron chi connectivity index (χ2n) is 3.15. The van der Waals surface area contributed by atoms with E-state index < -0.39 is 9.52 Å². The summed E-state index contributed by atoms with van der Waals surface area (Å²) in [6, 6.07) is 0.0498. The Morgan fingerprint density at radius 3 is 2.91 bits per heavy atom. The third-order valence-electron chi connectivity index (χ3n) is 2.15. The fourth-order valence-corrected chi connectivity index (χ4v) is 3.09. The second-order valence-corrected chi connectivity index (χ2v) is 5.83. The van der Waals surface area contributed by atoms with Crippen molar-refractivity contribution in [2.75, 3.05) is 31.7 Å². The Morgan fingerprint density at radius 1 is 1.82 bits per heavy atom. The molecule has 1 aliphatic rings. The van der Waals surface area contributed by atoms with Crippen LogP contribution in [-0.2, 0) is 9.52 Å². The first-order valence-electron chi connectivity index (χ1n) is 3.69. The van der Waals surface area contributed by atoms with Crippen molar-refractivity contribution in [1.82, 2.24) is 4.90 Å². The Labute approximate surface area is 68.0 Å². The summed E-state index contributed by atoms with van der Waals surface area (Å²) in [5.74, 6) is 4.86. The summed E-state index contributed by atoms with van der Waals surface area (Å²) >= 11 is 0. The Kier molecular flexibility index (Phi) is 2.57. The van der Waals surface area contributed by atoms with Crippen molar-refractivity contribution in [2.24, 2.45) is 0 Å². The highest BCUT2D eigenvalue weighted by Crippen LogP contribution is 2.08. The average molecular weight is 177 g/mol. The predicted molar refractivity (Wildman–Crippen MR) is 48.5 cm³/mol. The summed E-state index contributed by atoms with van der Waals surface area (Å²) in [6.45, 7) is 0.872. The fourth-order valence-electron chi connectivity index (χ4n) is 1.25. The van der Waals surface area contributed by atoms with E-state index in [0.717, 1.165) is 6.54 Å². The summed E-state index contributed by atoms with van der Waals surface area (Å²) in [4.78, 5) is 2.04. The van der Waals surface area contributed by atoms with Gasteiger partial charge in [-0.15, -0.1) is 0 Å². The summed E-state index contributed by atoms with van der Waals surface area (Å²) < 4.78 is 11.5. The van der Waals surface area contributed by atoms with Crippen molar-refractivity contribution in [3.05, 3.63) is 0 Å². The molecule has 0 bridgehead atoms. The molecule has 0 spiro atoms. The van der Waals surface area contributed by atoms with E-state index in [1.807, 2.05) is 11.9 Å². The minimum Gasteiger partial charge on any atom is -0.395 e. The lowest BCUT2D eigenvalue weighted by Crippen LogP contribution is -2.47. The van der Waals surface area contributed by atoms with Crippen LogP contribution in [0.1, 0.15) is 0 Å². The lowest BCUT2D eigenvalue weighted by atomic mass is 10.3. The van der Waals surface area contributed by atoms with Gasteiger partial charge in [0.05, 0.1) is 6.61 Å². The summed E-state index contributed by atoms with van der Waals surface area (Å²) in [5.41, 5.74) is 0. The molecule has 3 nitrogen and oxygen atoms in total. The lowest BCUT2D eigenvalue weighted by Gasteiger charge is -2.32. The highest BCUT2D eigenvalue weighted by atomic mass is 32.2. The number of hydrogen-bond acceptors (Lipinski definition) is 3. The highest BCUT2D eigenvalue weighted by Gasteiger charge is 2.23. The summed E-state index contributed by atoms with van der Waals surface area (Å²) in [6.07, 6.45) is 0. The number of likely N-dealkylation sites (N-methyl/N-ethyl adjacent to an activating group) is 1. The summed E-state index contributed by atoms with van der Waals surface area (Å²) in [7, 11) is 0.0614. The van der Waals surface area contributed by atoms with Crippen LogP contribution in [0.5, 0.6) is 0 Å². The molecule has 11 heavy (non-hydrogen) atoms. The molecule has 2 atom stereocenters. The first-order valence-corrected chi connectivity index (χ1v) is 5.75. The van der Waals surface area contributed by atoms with E-state index in [0.29, 0.717) is 11.5 Å². The van der Waals surface area contributed by atoms with Crippen LogP contribution < -0.4 is 0 Å². The molecule has 1 aliphatic heterocycles. The molecule has 1 heterocycles. The quantitative estimate of drug-likeness (QED) is 0.523. The minimum absolute atomic E-state index is 0.0498. The molecule has 0 aliphatic carbocycles. The third kappa shape index (κ3) is 2.18. The molecule has 0 saturated carbocycles. The van der Waals surface area contributed by atoms with Crippen molar-refractivity contribution >= 4 is 15.4 Å². The van der Waals surface area contributed by atoms with E-state index in [1.165, 1.54) is 0 Å². The maximum atomic E-state index is 11.5. The van der Waals surface area contributed by atoms with Crippen LogP contribution in [0.4, 0.5) is 0 Å². The van der Waals surface area contributed by atoms with Gasteiger partial charge in [-0.25, -0.2) is 0 Å². The van der Waals surface area contributed by atoms with Gasteiger partial charge in [-0.1, -0.05) is 0 Å². The normalized spacial score (nSPS) is 40.7. The van der Waals surface area contributed by atoms with Gasteiger partial charge in [0.1, 0.15) is 0 Å². The molecule has 66 valence electrons. The first-order chi connectivity index (χ1) is 5.05. The molecule has 1 N–H and O–H groups in total. The molecule has 0 amide bonds. The SMILES string of the molecule is C=S1(=O)CCN(C)C(CO)C1. The van der Waals surface area contributed by atoms with E-state index >= 15 is 0 Å². The van der Waals surface area contributed by atoms with Crippen molar-refractivity contribution in [3.63, 3.8) is 0 Å². The Bertz CT molecular complexity index is 223. The van der Waals surface area contributed by atoms with Gasteiger partial charge in [0.25, 0.3) is 0 Å². The van der Waals surface area contributed by atoms with Gasteiger partial charge in [-0.05, 0) is 22.4 Å². The zero-order valence-electron chi connectivity index (χ0n) is 6.82. The van der Waals surface area contributed by atoms with Crippen LogP contribution in [-0.4, -0.2) is 57.8 Å². The first kappa shape index (κ1) is 9.03. The molecule has 1 saturated heterocycles. The van der Waals surface area contributed by atoms with Crippen LogP contribution in [0.2, 0.25) is 0 Å². The monoisotopic (exact) mass is 177 g/mol. The van der Waals surface area contributed by atoms with Crippen molar-refractivity contribution in [2.45, 2.75) is 6.04 Å². The fraction of sp³-hybridized carbons (Fsp3) is 0.857. The number of hydrogen-bond donors (Lipinski definition) is 1. The zero-order chi connectivity index (χ0) is 8.48. The molecule has 1 rings (SSSR count). The largest absolute Gasteiger partial charge is 0.395 e. The number of nitrogens with zero attached hydrogens (tertiary/aromatic N) is 1. The van der Waals surface area contributed by atoms with Crippen LogP contribution >= 0.6 is 0 Å². The van der Waals surface area contributed by atoms with E-state index in [9.17, 15) is 4.21 Å². The smallest absolute Gasteiger partial charge is 0.0595 e. The minimum atomic E-state index is -1.88. The van der Waals surface area contributed by atoms with Crippen LogP contribution in [0.3, 0.4) is 0 Å². The molecular weight excluding hydrogens is 162 g/mol. The van der Waals surface area contributed by atoms with Crippen LogP contribution in [0.25, 0.3) is 0 Å². The molecule has 0 aromatic rings. The molecule has 2 unspecified atom stereocenters. The predicted octanol–water partition coefficient (Wildman–Crippen LogP) is -0.991. The standard InChI is InChI=1S/C7H15NO2S/c1-8-3-4-11(2,10)6-7(8)5-9/h7,9H,2-6H2,1H3. The molecule has 0 radical (unpaired) electrons. The van der Waals surface area contributed by atoms with Gasteiger partial charge >= 0.3 is 0 Å².